The van der Waals surface area contributed by atoms with Crippen molar-refractivity contribution < 1.29 is 9.53 Å². The Morgan fingerprint density at radius 1 is 0.875 bits per heavy atom. The van der Waals surface area contributed by atoms with E-state index in [1.54, 1.807) is 0 Å². The van der Waals surface area contributed by atoms with Crippen LogP contribution in [0.25, 0.3) is 0 Å². The van der Waals surface area contributed by atoms with E-state index in [9.17, 15) is 4.79 Å². The zero-order valence-electron chi connectivity index (χ0n) is 18.1. The number of piperazine rings is 1. The summed E-state index contributed by atoms with van der Waals surface area (Å²) in [5.74, 6) is 2.79. The minimum absolute atomic E-state index is 0.185. The largest absolute Gasteiger partial charge is 0.457 e. The van der Waals surface area contributed by atoms with E-state index in [4.69, 9.17) is 4.74 Å². The summed E-state index contributed by atoms with van der Waals surface area (Å²) in [5, 5.41) is 0. The molecule has 6 nitrogen and oxygen atoms in total. The van der Waals surface area contributed by atoms with Gasteiger partial charge in [-0.2, -0.15) is 0 Å². The molecule has 2 aliphatic rings. The van der Waals surface area contributed by atoms with Gasteiger partial charge in [-0.3, -0.25) is 9.69 Å². The van der Waals surface area contributed by atoms with Gasteiger partial charge in [0.2, 0.25) is 5.91 Å². The molecule has 0 spiro atoms. The van der Waals surface area contributed by atoms with Gasteiger partial charge in [0, 0.05) is 51.5 Å². The van der Waals surface area contributed by atoms with Gasteiger partial charge in [0.15, 0.2) is 0 Å². The maximum Gasteiger partial charge on any atom is 0.227 e. The summed E-state index contributed by atoms with van der Waals surface area (Å²) in [6.07, 6.45) is 2.26. The van der Waals surface area contributed by atoms with Gasteiger partial charge < -0.3 is 14.5 Å². The molecule has 2 fully saturated rings. The first kappa shape index (κ1) is 20.5. The van der Waals surface area contributed by atoms with Crippen LogP contribution in [0.1, 0.15) is 5.56 Å². The van der Waals surface area contributed by atoms with Crippen molar-refractivity contribution in [1.29, 1.82) is 0 Å². The number of benzene rings is 2. The van der Waals surface area contributed by atoms with Crippen LogP contribution in [0.2, 0.25) is 0 Å². The van der Waals surface area contributed by atoms with Crippen LogP contribution in [0.5, 0.6) is 11.5 Å². The van der Waals surface area contributed by atoms with Crippen molar-refractivity contribution in [3.05, 3.63) is 84.6 Å². The molecule has 5 rings (SSSR count). The Kier molecular flexibility index (Phi) is 6.03. The maximum absolute atomic E-state index is 12.8. The summed E-state index contributed by atoms with van der Waals surface area (Å²) < 4.78 is 5.90. The Labute approximate surface area is 189 Å². The van der Waals surface area contributed by atoms with E-state index in [-0.39, 0.29) is 5.91 Å². The van der Waals surface area contributed by atoms with Crippen LogP contribution in [0.4, 0.5) is 5.82 Å². The standard InChI is InChI=1S/C26H28N4O2/c31-26(18-21-7-6-10-24(17-21)32-23-8-2-1-3-9-23)30-19-22(20-30)28-13-15-29(16-14-28)25-11-4-5-12-27-25/h1-12,17,22H,13-16,18-20H2. The lowest BCUT2D eigenvalue weighted by atomic mass is 10.0. The predicted molar refractivity (Wildman–Crippen MR) is 125 cm³/mol. The van der Waals surface area contributed by atoms with Crippen molar-refractivity contribution in [2.24, 2.45) is 0 Å². The van der Waals surface area contributed by atoms with Crippen molar-refractivity contribution in [2.75, 3.05) is 44.2 Å². The topological polar surface area (TPSA) is 48.9 Å². The number of hydrogen-bond acceptors (Lipinski definition) is 5. The molecule has 0 aliphatic carbocycles. The summed E-state index contributed by atoms with van der Waals surface area (Å²) in [5.41, 5.74) is 0.982. The first-order valence-electron chi connectivity index (χ1n) is 11.2. The van der Waals surface area contributed by atoms with Gasteiger partial charge in [-0.05, 0) is 42.0 Å². The first-order chi connectivity index (χ1) is 15.7. The fourth-order valence-electron chi connectivity index (χ4n) is 4.38. The highest BCUT2D eigenvalue weighted by Gasteiger charge is 2.36. The van der Waals surface area contributed by atoms with Crippen molar-refractivity contribution in [1.82, 2.24) is 14.8 Å². The highest BCUT2D eigenvalue weighted by atomic mass is 16.5. The van der Waals surface area contributed by atoms with Crippen LogP contribution in [-0.4, -0.2) is 66.0 Å². The third-order valence-electron chi connectivity index (χ3n) is 6.25. The molecule has 0 atom stereocenters. The SMILES string of the molecule is O=C(Cc1cccc(Oc2ccccc2)c1)N1CC(N2CCN(c3ccccn3)CC2)C1. The van der Waals surface area contributed by atoms with Crippen LogP contribution in [0.15, 0.2) is 79.0 Å². The zero-order chi connectivity index (χ0) is 21.8. The minimum atomic E-state index is 0.185. The van der Waals surface area contributed by atoms with Crippen LogP contribution < -0.4 is 9.64 Å². The number of rotatable bonds is 6. The third kappa shape index (κ3) is 4.75. The molecule has 164 valence electrons. The summed E-state index contributed by atoms with van der Waals surface area (Å²) in [4.78, 5) is 24.1. The fraction of sp³-hybridized carbons (Fsp3) is 0.308. The average Bonchev–Trinajstić information content (AvgIpc) is 2.80. The van der Waals surface area contributed by atoms with Crippen molar-refractivity contribution in [3.8, 4) is 11.5 Å². The molecule has 0 saturated carbocycles. The monoisotopic (exact) mass is 428 g/mol. The van der Waals surface area contributed by atoms with Gasteiger partial charge in [0.05, 0.1) is 6.42 Å². The van der Waals surface area contributed by atoms with Gasteiger partial charge in [-0.15, -0.1) is 0 Å². The summed E-state index contributed by atoms with van der Waals surface area (Å²) >= 11 is 0. The molecule has 0 radical (unpaired) electrons. The number of hydrogen-bond donors (Lipinski definition) is 0. The van der Waals surface area contributed by atoms with Gasteiger partial charge in [-0.25, -0.2) is 4.98 Å². The molecule has 1 aromatic heterocycles. The van der Waals surface area contributed by atoms with Crippen LogP contribution in [0.3, 0.4) is 0 Å². The van der Waals surface area contributed by atoms with Gasteiger partial charge >= 0.3 is 0 Å². The van der Waals surface area contributed by atoms with Gasteiger partial charge in [0.25, 0.3) is 0 Å². The highest BCUT2D eigenvalue weighted by Crippen LogP contribution is 2.24. The molecule has 2 aliphatic heterocycles. The smallest absolute Gasteiger partial charge is 0.227 e. The van der Waals surface area contributed by atoms with Gasteiger partial charge in [-0.1, -0.05) is 36.4 Å². The van der Waals surface area contributed by atoms with Gasteiger partial charge in [0.1, 0.15) is 17.3 Å². The molecule has 2 aromatic carbocycles. The molecule has 32 heavy (non-hydrogen) atoms. The Morgan fingerprint density at radius 2 is 1.62 bits per heavy atom. The number of para-hydroxylation sites is 1. The van der Waals surface area contributed by atoms with E-state index in [2.05, 4.69) is 20.9 Å². The van der Waals surface area contributed by atoms with E-state index in [0.29, 0.717) is 12.5 Å². The highest BCUT2D eigenvalue weighted by molar-refractivity contribution is 5.79. The normalized spacial score (nSPS) is 17.1. The number of amides is 1. The average molecular weight is 429 g/mol. The summed E-state index contributed by atoms with van der Waals surface area (Å²) in [6.45, 7) is 5.64. The molecule has 0 bridgehead atoms. The van der Waals surface area contributed by atoms with Crippen molar-refractivity contribution in [3.63, 3.8) is 0 Å². The molecule has 0 N–H and O–H groups in total. The maximum atomic E-state index is 12.8. The van der Waals surface area contributed by atoms with Crippen LogP contribution in [-0.2, 0) is 11.2 Å². The molecular formula is C26H28N4O2. The minimum Gasteiger partial charge on any atom is -0.457 e. The second-order valence-electron chi connectivity index (χ2n) is 8.40. The number of likely N-dealkylation sites (tertiary alicyclic amines) is 1. The summed E-state index contributed by atoms with van der Waals surface area (Å²) in [7, 11) is 0. The lowest BCUT2D eigenvalue weighted by Gasteiger charge is -2.48. The quantitative estimate of drug-likeness (QED) is 0.602. The molecular weight excluding hydrogens is 400 g/mol. The zero-order valence-corrected chi connectivity index (χ0v) is 18.1. The number of nitrogens with zero attached hydrogens (tertiary/aromatic N) is 4. The Bertz CT molecular complexity index is 1030. The van der Waals surface area contributed by atoms with Crippen molar-refractivity contribution >= 4 is 11.7 Å². The second-order valence-corrected chi connectivity index (χ2v) is 8.40. The number of pyridine rings is 1. The molecule has 2 saturated heterocycles. The molecule has 6 heteroatoms. The fourth-order valence-corrected chi connectivity index (χ4v) is 4.38. The lowest BCUT2D eigenvalue weighted by molar-refractivity contribution is -0.138. The van der Waals surface area contributed by atoms with Crippen LogP contribution in [0, 0.1) is 0 Å². The molecule has 3 heterocycles. The number of carbonyl (C=O) groups is 1. The Balaban J connectivity index is 1.09. The number of ether oxygens (including phenoxy) is 1. The number of carbonyl (C=O) groups excluding carboxylic acids is 1. The molecule has 1 amide bonds. The predicted octanol–water partition coefficient (Wildman–Crippen LogP) is 3.45. The molecule has 0 unspecified atom stereocenters. The summed E-state index contributed by atoms with van der Waals surface area (Å²) in [6, 6.07) is 24.0. The third-order valence-corrected chi connectivity index (χ3v) is 6.25. The number of anilines is 1. The van der Waals surface area contributed by atoms with E-state index in [1.165, 1.54) is 0 Å². The van der Waals surface area contributed by atoms with E-state index in [0.717, 1.165) is 62.1 Å². The van der Waals surface area contributed by atoms with Crippen LogP contribution >= 0.6 is 0 Å². The lowest BCUT2D eigenvalue weighted by Crippen LogP contribution is -2.64. The van der Waals surface area contributed by atoms with Crippen molar-refractivity contribution in [2.45, 2.75) is 12.5 Å². The Hall–Kier alpha value is -3.38. The number of aromatic nitrogens is 1. The van der Waals surface area contributed by atoms with E-state index < -0.39 is 0 Å². The first-order valence-corrected chi connectivity index (χ1v) is 11.2. The van der Waals surface area contributed by atoms with E-state index >= 15 is 0 Å². The molecule has 3 aromatic rings. The Morgan fingerprint density at radius 3 is 2.38 bits per heavy atom. The second kappa shape index (κ2) is 9.40. The van der Waals surface area contributed by atoms with E-state index in [1.807, 2.05) is 77.8 Å².